The molecule has 65 heavy (non-hydrogen) atoms. The zero-order chi connectivity index (χ0) is 45.9. The zero-order valence-electron chi connectivity index (χ0n) is 33.4. The van der Waals surface area contributed by atoms with Crippen LogP contribution in [0.25, 0.3) is 33.9 Å². The maximum Gasteiger partial charge on any atom is 0.267 e. The molecule has 1 N–H and O–H groups in total. The number of nitrogens with zero attached hydrogens (tertiary/aromatic N) is 8. The Morgan fingerprint density at radius 2 is 1.22 bits per heavy atom. The van der Waals surface area contributed by atoms with Crippen molar-refractivity contribution < 1.29 is 27.1 Å². The molecule has 9 aromatic rings. The van der Waals surface area contributed by atoms with Crippen molar-refractivity contribution in [3.63, 3.8) is 0 Å². The van der Waals surface area contributed by atoms with E-state index in [0.29, 0.717) is 16.6 Å². The Labute approximate surface area is 392 Å². The molecule has 0 unspecified atom stereocenters. The summed E-state index contributed by atoms with van der Waals surface area (Å²) in [4.78, 5) is 3.29. The van der Waals surface area contributed by atoms with E-state index in [2.05, 4.69) is 30.5 Å². The summed E-state index contributed by atoms with van der Waals surface area (Å²) in [6.45, 7) is 1.97. The Hall–Kier alpha value is -6.98. The Balaban J connectivity index is 0.000000178. The van der Waals surface area contributed by atoms with Crippen LogP contribution in [-0.4, -0.2) is 35.2 Å². The number of aryl methyl sites for hydroxylation is 2. The number of ether oxygens (including phenoxy) is 2. The van der Waals surface area contributed by atoms with Gasteiger partial charge in [0, 0.05) is 39.3 Å². The molecule has 0 aliphatic rings. The van der Waals surface area contributed by atoms with Crippen molar-refractivity contribution in [2.24, 2.45) is 7.05 Å². The van der Waals surface area contributed by atoms with E-state index >= 15 is 8.78 Å². The first kappa shape index (κ1) is 44.6. The van der Waals surface area contributed by atoms with Crippen LogP contribution in [0, 0.1) is 41.2 Å². The Kier molecular flexibility index (Phi) is 13.1. The minimum atomic E-state index is -0.704. The third kappa shape index (κ3) is 9.90. The highest BCUT2D eigenvalue weighted by Gasteiger charge is 2.22. The van der Waals surface area contributed by atoms with Gasteiger partial charge >= 0.3 is 0 Å². The summed E-state index contributed by atoms with van der Waals surface area (Å²) in [5.41, 5.74) is 4.14. The van der Waals surface area contributed by atoms with Crippen LogP contribution in [0.5, 0.6) is 23.0 Å². The molecule has 5 aromatic carbocycles. The van der Waals surface area contributed by atoms with Gasteiger partial charge in [0.25, 0.3) is 5.89 Å². The fourth-order valence-corrected chi connectivity index (χ4v) is 7.59. The second kappa shape index (κ2) is 19.0. The quantitative estimate of drug-likeness (QED) is 0.138. The van der Waals surface area contributed by atoms with Crippen LogP contribution in [0.2, 0.25) is 25.1 Å². The highest BCUT2D eigenvalue weighted by molar-refractivity contribution is 6.33. The van der Waals surface area contributed by atoms with Gasteiger partial charge in [-0.15, -0.1) is 20.4 Å². The fourth-order valence-electron chi connectivity index (χ4n) is 6.52. The van der Waals surface area contributed by atoms with Gasteiger partial charge in [-0.25, -0.2) is 8.78 Å². The molecule has 0 saturated heterocycles. The maximum absolute atomic E-state index is 15.3. The molecule has 0 aliphatic carbocycles. The van der Waals surface area contributed by atoms with E-state index in [1.165, 1.54) is 71.5 Å². The smallest absolute Gasteiger partial charge is 0.267 e. The van der Waals surface area contributed by atoms with E-state index < -0.39 is 11.6 Å². The number of H-pyrrole nitrogens is 1. The Bertz CT molecular complexity index is 3340. The summed E-state index contributed by atoms with van der Waals surface area (Å²) < 4.78 is 54.7. The van der Waals surface area contributed by atoms with Crippen LogP contribution in [0.4, 0.5) is 8.78 Å². The third-order valence-corrected chi connectivity index (χ3v) is 10.7. The lowest BCUT2D eigenvalue weighted by molar-refractivity contribution is 0.436. The van der Waals surface area contributed by atoms with E-state index in [1.54, 1.807) is 7.05 Å². The molecule has 4 heterocycles. The minimum absolute atomic E-state index is 0.0131. The second-order valence-corrected chi connectivity index (χ2v) is 16.1. The fraction of sp³-hybridized carbons (Fsp3) is 0.0889. The van der Waals surface area contributed by atoms with Crippen molar-refractivity contribution in [2.75, 3.05) is 0 Å². The van der Waals surface area contributed by atoms with Gasteiger partial charge in [-0.05, 0) is 67.6 Å². The number of aromatic amines is 1. The monoisotopic (exact) mass is 969 g/mol. The molecule has 13 nitrogen and oxygen atoms in total. The molecule has 9 rings (SSSR count). The van der Waals surface area contributed by atoms with Crippen LogP contribution >= 0.6 is 58.0 Å². The van der Waals surface area contributed by atoms with E-state index in [-0.39, 0.29) is 95.9 Å². The molecule has 0 spiro atoms. The number of fused-ring (bicyclic) bond motifs is 1. The summed E-state index contributed by atoms with van der Waals surface area (Å²) in [6.07, 6.45) is 1.47. The standard InChI is InChI=1S/C25H15Cl2FN4O2.C20H11Cl3FN5O2/c1-13-7-16-3-2-4-19(23(16)30-13)25-32-31-21(34-25)10-15-5-6-20(27)24(22(15)28)33-18-9-14(12-29)8-17(26)11-18;1-29-18(15(23)9-26-29)20-28-27-16(31-20)6-11-2-3-14(22)19(17(11)24)30-13-5-10(8-25)4-12(21)7-13/h2-9,11,30H,10H2,1H3;2-5,7,9H,6H2,1H3. The summed E-state index contributed by atoms with van der Waals surface area (Å²) in [7, 11) is 1.68. The Morgan fingerprint density at radius 1 is 0.677 bits per heavy atom. The number of hydrogen-bond acceptors (Lipinski definition) is 11. The number of aromatic nitrogens is 7. The minimum Gasteiger partial charge on any atom is -0.453 e. The molecule has 0 saturated carbocycles. The maximum atomic E-state index is 15.3. The van der Waals surface area contributed by atoms with Gasteiger partial charge in [0.05, 0.1) is 68.5 Å². The van der Waals surface area contributed by atoms with Crippen LogP contribution in [-0.2, 0) is 19.9 Å². The summed E-state index contributed by atoms with van der Waals surface area (Å²) in [6, 6.07) is 26.5. The van der Waals surface area contributed by atoms with Crippen molar-refractivity contribution in [3.05, 3.63) is 168 Å². The van der Waals surface area contributed by atoms with Crippen molar-refractivity contribution in [3.8, 4) is 58.2 Å². The molecular weight excluding hydrogens is 946 g/mol. The normalized spacial score (nSPS) is 10.9. The van der Waals surface area contributed by atoms with Crippen molar-refractivity contribution in [1.29, 1.82) is 10.5 Å². The summed E-state index contributed by atoms with van der Waals surface area (Å²) >= 11 is 30.4. The molecule has 0 amide bonds. The second-order valence-electron chi connectivity index (χ2n) is 14.0. The molecule has 0 bridgehead atoms. The number of rotatable bonds is 10. The molecular formula is C45H26Cl5F2N9O4. The molecule has 20 heteroatoms. The lowest BCUT2D eigenvalue weighted by Gasteiger charge is -2.11. The van der Waals surface area contributed by atoms with Gasteiger partial charge in [0.15, 0.2) is 23.1 Å². The number of nitriles is 2. The van der Waals surface area contributed by atoms with E-state index in [4.69, 9.17) is 86.8 Å². The Morgan fingerprint density at radius 3 is 1.74 bits per heavy atom. The van der Waals surface area contributed by atoms with Crippen LogP contribution in [0.3, 0.4) is 0 Å². The van der Waals surface area contributed by atoms with Gasteiger partial charge in [-0.3, -0.25) is 4.68 Å². The lowest BCUT2D eigenvalue weighted by atomic mass is 10.1. The van der Waals surface area contributed by atoms with Crippen molar-refractivity contribution in [1.82, 2.24) is 35.2 Å². The average molecular weight is 972 g/mol. The van der Waals surface area contributed by atoms with E-state index in [9.17, 15) is 0 Å². The molecule has 0 radical (unpaired) electrons. The van der Waals surface area contributed by atoms with Crippen LogP contribution in [0.1, 0.15) is 39.7 Å². The van der Waals surface area contributed by atoms with Gasteiger partial charge in [-0.2, -0.15) is 15.6 Å². The predicted molar refractivity (Wildman–Crippen MR) is 239 cm³/mol. The first-order valence-electron chi connectivity index (χ1n) is 18.9. The largest absolute Gasteiger partial charge is 0.453 e. The van der Waals surface area contributed by atoms with Crippen molar-refractivity contribution in [2.45, 2.75) is 19.8 Å². The SMILES string of the molecule is Cc1cc2cccc(-c3nnc(Cc4ccc(Cl)c(Oc5cc(Cl)cc(C#N)c5)c4F)o3)c2[nH]1.Cn1ncc(Cl)c1-c1nnc(Cc2ccc(Cl)c(Oc3cc(Cl)cc(C#N)c3)c2F)o1. The number of nitrogens with one attached hydrogen (secondary N) is 1. The number of para-hydroxylation sites is 1. The highest BCUT2D eigenvalue weighted by Crippen LogP contribution is 2.38. The van der Waals surface area contributed by atoms with Gasteiger partial charge in [0.2, 0.25) is 17.7 Å². The predicted octanol–water partition coefficient (Wildman–Crippen LogP) is 13.1. The molecule has 0 atom stereocenters. The van der Waals surface area contributed by atoms with Crippen LogP contribution in [0.15, 0.2) is 100.0 Å². The molecule has 0 aliphatic heterocycles. The molecule has 4 aromatic heterocycles. The molecule has 0 fully saturated rings. The van der Waals surface area contributed by atoms with Crippen molar-refractivity contribution >= 4 is 68.9 Å². The van der Waals surface area contributed by atoms with E-state index in [0.717, 1.165) is 22.2 Å². The van der Waals surface area contributed by atoms with Gasteiger partial charge < -0.3 is 23.3 Å². The number of benzene rings is 5. The topological polar surface area (TPSA) is 177 Å². The number of hydrogen-bond donors (Lipinski definition) is 1. The van der Waals surface area contributed by atoms with E-state index in [1.807, 2.05) is 43.3 Å². The van der Waals surface area contributed by atoms with Gasteiger partial charge in [0.1, 0.15) is 17.2 Å². The first-order valence-corrected chi connectivity index (χ1v) is 20.8. The molecule has 324 valence electrons. The zero-order valence-corrected chi connectivity index (χ0v) is 37.2. The lowest BCUT2D eigenvalue weighted by Crippen LogP contribution is -1.98. The highest BCUT2D eigenvalue weighted by atomic mass is 35.5. The van der Waals surface area contributed by atoms with Crippen LogP contribution < -0.4 is 9.47 Å². The third-order valence-electron chi connectivity index (χ3n) is 9.43. The summed E-state index contributed by atoms with van der Waals surface area (Å²) in [5.74, 6) is -0.520. The average Bonchev–Trinajstić information content (AvgIpc) is 4.10. The van der Waals surface area contributed by atoms with Gasteiger partial charge in [-0.1, -0.05) is 82.3 Å². The first-order chi connectivity index (χ1) is 31.3. The summed E-state index contributed by atoms with van der Waals surface area (Å²) in [5, 5.41) is 40.4. The number of halogens is 7.